The summed E-state index contributed by atoms with van der Waals surface area (Å²) in [4.78, 5) is 11.0. The Balaban J connectivity index is 2.70. The highest BCUT2D eigenvalue weighted by atomic mass is 32.2. The fourth-order valence-corrected chi connectivity index (χ4v) is 2.95. The number of thioether (sulfide) groups is 1. The van der Waals surface area contributed by atoms with Gasteiger partial charge in [0.25, 0.3) is 0 Å². The van der Waals surface area contributed by atoms with Crippen LogP contribution in [0, 0.1) is 13.8 Å². The number of rotatable bonds is 4. The largest absolute Gasteiger partial charge is 0.446 e. The zero-order chi connectivity index (χ0) is 17.0. The van der Waals surface area contributed by atoms with Gasteiger partial charge in [-0.2, -0.15) is 13.2 Å². The first-order valence-electron chi connectivity index (χ1n) is 6.89. The van der Waals surface area contributed by atoms with Crippen LogP contribution in [0.3, 0.4) is 0 Å². The maximum atomic E-state index is 12.8. The molecular weight excluding hydrogens is 321 g/mol. The van der Waals surface area contributed by atoms with Gasteiger partial charge < -0.3 is 0 Å². The first-order valence-corrected chi connectivity index (χ1v) is 7.71. The van der Waals surface area contributed by atoms with Gasteiger partial charge in [-0.25, -0.2) is 0 Å². The van der Waals surface area contributed by atoms with E-state index in [1.165, 1.54) is 0 Å². The Hall–Kier alpha value is -2.01. The van der Waals surface area contributed by atoms with Crippen LogP contribution in [-0.4, -0.2) is 11.8 Å². The van der Waals surface area contributed by atoms with Crippen molar-refractivity contribution in [1.82, 2.24) is 0 Å². The molecule has 0 N–H and O–H groups in total. The van der Waals surface area contributed by atoms with Crippen LogP contribution < -0.4 is 0 Å². The molecule has 120 valence electrons. The fourth-order valence-electron chi connectivity index (χ4n) is 2.31. The molecule has 0 saturated carbocycles. The van der Waals surface area contributed by atoms with E-state index in [1.54, 1.807) is 36.4 Å². The fraction of sp³-hybridized carbons (Fsp3) is 0.167. The standard InChI is InChI=1S/C18H15F3OS/c1-12-5-3-7-14(9-12)17(15-8-4-6-13(2)10-15)16(11-22)23-18(19,20)21/h3-11H,1-2H3. The number of carbonyl (C=O) groups excluding carboxylic acids is 1. The van der Waals surface area contributed by atoms with Crippen molar-refractivity contribution in [3.63, 3.8) is 0 Å². The van der Waals surface area contributed by atoms with Gasteiger partial charge in [0.1, 0.15) is 0 Å². The van der Waals surface area contributed by atoms with Crippen LogP contribution in [0.5, 0.6) is 0 Å². The summed E-state index contributed by atoms with van der Waals surface area (Å²) in [5, 5.41) is 0. The summed E-state index contributed by atoms with van der Waals surface area (Å²) in [6, 6.07) is 14.2. The predicted molar refractivity (Wildman–Crippen MR) is 88.1 cm³/mol. The summed E-state index contributed by atoms with van der Waals surface area (Å²) in [7, 11) is 0. The molecule has 0 heterocycles. The van der Waals surface area contributed by atoms with E-state index in [2.05, 4.69) is 0 Å². The van der Waals surface area contributed by atoms with Crippen molar-refractivity contribution in [2.24, 2.45) is 0 Å². The van der Waals surface area contributed by atoms with E-state index in [0.717, 1.165) is 11.1 Å². The third kappa shape index (κ3) is 4.73. The molecule has 0 aliphatic carbocycles. The Bertz CT molecular complexity index is 700. The second-order valence-corrected chi connectivity index (χ2v) is 6.25. The molecule has 0 aromatic heterocycles. The monoisotopic (exact) mass is 336 g/mol. The van der Waals surface area contributed by atoms with E-state index in [9.17, 15) is 18.0 Å². The van der Waals surface area contributed by atoms with Gasteiger partial charge in [-0.1, -0.05) is 59.7 Å². The second kappa shape index (κ2) is 7.04. The summed E-state index contributed by atoms with van der Waals surface area (Å²) in [6.45, 7) is 3.71. The number of hydrogen-bond acceptors (Lipinski definition) is 2. The number of aldehydes is 1. The van der Waals surface area contributed by atoms with Gasteiger partial charge in [0.15, 0.2) is 6.29 Å². The minimum atomic E-state index is -4.52. The number of benzene rings is 2. The van der Waals surface area contributed by atoms with Crippen molar-refractivity contribution < 1.29 is 18.0 Å². The van der Waals surface area contributed by atoms with Crippen molar-refractivity contribution in [2.45, 2.75) is 19.4 Å². The molecule has 0 radical (unpaired) electrons. The highest BCUT2D eigenvalue weighted by molar-refractivity contribution is 8.04. The maximum Gasteiger partial charge on any atom is 0.446 e. The highest BCUT2D eigenvalue weighted by Crippen LogP contribution is 2.41. The average Bonchev–Trinajstić information content (AvgIpc) is 2.45. The molecule has 0 fully saturated rings. The van der Waals surface area contributed by atoms with Gasteiger partial charge in [0, 0.05) is 5.57 Å². The lowest BCUT2D eigenvalue weighted by molar-refractivity contribution is -0.104. The highest BCUT2D eigenvalue weighted by Gasteiger charge is 2.32. The summed E-state index contributed by atoms with van der Waals surface area (Å²) >= 11 is -0.377. The van der Waals surface area contributed by atoms with Crippen LogP contribution in [0.2, 0.25) is 0 Å². The van der Waals surface area contributed by atoms with E-state index in [-0.39, 0.29) is 23.0 Å². The first kappa shape index (κ1) is 17.3. The lowest BCUT2D eigenvalue weighted by atomic mass is 9.95. The number of halogens is 3. The smallest absolute Gasteiger partial charge is 0.297 e. The molecule has 2 aromatic carbocycles. The molecule has 0 aliphatic rings. The molecule has 2 aromatic rings. The molecule has 5 heteroatoms. The number of alkyl halides is 3. The van der Waals surface area contributed by atoms with E-state index in [4.69, 9.17) is 0 Å². The van der Waals surface area contributed by atoms with E-state index in [1.807, 2.05) is 26.0 Å². The molecule has 0 aliphatic heterocycles. The quantitative estimate of drug-likeness (QED) is 0.540. The van der Waals surface area contributed by atoms with E-state index >= 15 is 0 Å². The molecular formula is C18H15F3OS. The molecule has 0 spiro atoms. The van der Waals surface area contributed by atoms with Crippen molar-refractivity contribution in [1.29, 1.82) is 0 Å². The normalized spacial score (nSPS) is 11.2. The lowest BCUT2D eigenvalue weighted by Gasteiger charge is -2.14. The van der Waals surface area contributed by atoms with E-state index < -0.39 is 5.51 Å². The average molecular weight is 336 g/mol. The van der Waals surface area contributed by atoms with E-state index in [0.29, 0.717) is 16.7 Å². The first-order chi connectivity index (χ1) is 10.8. The minimum absolute atomic E-state index is 0.276. The van der Waals surface area contributed by atoms with Crippen molar-refractivity contribution in [3.05, 3.63) is 75.7 Å². The Morgan fingerprint density at radius 2 is 1.43 bits per heavy atom. The summed E-state index contributed by atoms with van der Waals surface area (Å²) in [5.74, 6) is 0. The molecule has 0 atom stereocenters. The van der Waals surface area contributed by atoms with Crippen LogP contribution in [0.4, 0.5) is 13.2 Å². The topological polar surface area (TPSA) is 17.1 Å². The van der Waals surface area contributed by atoms with Gasteiger partial charge in [-0.15, -0.1) is 0 Å². The van der Waals surface area contributed by atoms with Crippen LogP contribution >= 0.6 is 11.8 Å². The summed E-state index contributed by atoms with van der Waals surface area (Å²) in [5.41, 5.74) is -1.21. The van der Waals surface area contributed by atoms with Crippen LogP contribution in [-0.2, 0) is 4.79 Å². The number of aryl methyl sites for hydroxylation is 2. The molecule has 1 nitrogen and oxygen atoms in total. The molecule has 0 bridgehead atoms. The molecule has 0 unspecified atom stereocenters. The van der Waals surface area contributed by atoms with Crippen molar-refractivity contribution >= 4 is 23.6 Å². The van der Waals surface area contributed by atoms with Crippen LogP contribution in [0.1, 0.15) is 22.3 Å². The zero-order valence-electron chi connectivity index (χ0n) is 12.6. The maximum absolute atomic E-state index is 12.8. The lowest BCUT2D eigenvalue weighted by Crippen LogP contribution is -2.04. The van der Waals surface area contributed by atoms with Crippen molar-refractivity contribution in [2.75, 3.05) is 0 Å². The van der Waals surface area contributed by atoms with Gasteiger partial charge in [-0.05, 0) is 36.7 Å². The number of carbonyl (C=O) groups is 1. The Labute approximate surface area is 137 Å². The third-order valence-corrected chi connectivity index (χ3v) is 3.94. The van der Waals surface area contributed by atoms with Gasteiger partial charge >= 0.3 is 5.51 Å². The Morgan fingerprint density at radius 1 is 0.957 bits per heavy atom. The third-order valence-electron chi connectivity index (χ3n) is 3.19. The van der Waals surface area contributed by atoms with Crippen LogP contribution in [0.25, 0.3) is 5.57 Å². The Morgan fingerprint density at radius 3 is 1.78 bits per heavy atom. The molecule has 23 heavy (non-hydrogen) atoms. The summed E-state index contributed by atoms with van der Waals surface area (Å²) < 4.78 is 38.4. The number of hydrogen-bond donors (Lipinski definition) is 0. The minimum Gasteiger partial charge on any atom is -0.297 e. The molecule has 0 amide bonds. The molecule has 0 saturated heterocycles. The SMILES string of the molecule is Cc1cccc(C(=C(C=O)SC(F)(F)F)c2cccc(C)c2)c1. The van der Waals surface area contributed by atoms with Crippen molar-refractivity contribution in [3.8, 4) is 0 Å². The molecule has 2 rings (SSSR count). The van der Waals surface area contributed by atoms with Gasteiger partial charge in [0.2, 0.25) is 0 Å². The predicted octanol–water partition coefficient (Wildman–Crippen LogP) is 5.51. The van der Waals surface area contributed by atoms with Gasteiger partial charge in [-0.3, -0.25) is 4.79 Å². The Kier molecular flexibility index (Phi) is 5.31. The zero-order valence-corrected chi connectivity index (χ0v) is 13.5. The second-order valence-electron chi connectivity index (χ2n) is 5.14. The van der Waals surface area contributed by atoms with Crippen LogP contribution in [0.15, 0.2) is 53.4 Å². The summed E-state index contributed by atoms with van der Waals surface area (Å²) in [6.07, 6.45) is 0.276. The number of allylic oxidation sites excluding steroid dienone is 1. The van der Waals surface area contributed by atoms with Gasteiger partial charge in [0.05, 0.1) is 4.91 Å².